The van der Waals surface area contributed by atoms with E-state index in [1.54, 1.807) is 6.92 Å². The smallest absolute Gasteiger partial charge is 0.412 e. The molecule has 2 rings (SSSR count). The van der Waals surface area contributed by atoms with Crippen LogP contribution in [0.3, 0.4) is 0 Å². The summed E-state index contributed by atoms with van der Waals surface area (Å²) in [4.78, 5) is 35.0. The molecule has 126 valence electrons. The molecule has 0 bridgehead atoms. The number of ether oxygens (including phenoxy) is 2. The van der Waals surface area contributed by atoms with E-state index >= 15 is 0 Å². The van der Waals surface area contributed by atoms with Crippen LogP contribution in [0, 0.1) is 0 Å². The Balaban J connectivity index is 1.95. The topological polar surface area (TPSA) is 86.6 Å². The van der Waals surface area contributed by atoms with Gasteiger partial charge in [0, 0.05) is 12.3 Å². The molecule has 0 radical (unpaired) electrons. The molecule has 2 aromatic rings. The molecule has 1 aromatic heterocycles. The number of hydrogen-bond donors (Lipinski definition) is 1. The Morgan fingerprint density at radius 1 is 1.08 bits per heavy atom. The minimum Gasteiger partial charge on any atom is -0.465 e. The van der Waals surface area contributed by atoms with Crippen LogP contribution in [0.4, 0.5) is 10.5 Å². The zero-order chi connectivity index (χ0) is 17.4. The predicted octanol–water partition coefficient (Wildman–Crippen LogP) is 2.16. The quantitative estimate of drug-likeness (QED) is 0.820. The predicted molar refractivity (Wildman–Crippen MR) is 87.6 cm³/mol. The number of anilines is 1. The number of hydrogen-bond acceptors (Lipinski definition) is 5. The number of carbonyl (C=O) groups excluding carboxylic acids is 2. The van der Waals surface area contributed by atoms with Gasteiger partial charge in [0.05, 0.1) is 12.3 Å². The Morgan fingerprint density at radius 2 is 1.83 bits per heavy atom. The first-order valence-corrected chi connectivity index (χ1v) is 7.42. The summed E-state index contributed by atoms with van der Waals surface area (Å²) < 4.78 is 11.0. The monoisotopic (exact) mass is 330 g/mol. The third-order valence-corrected chi connectivity index (χ3v) is 3.05. The van der Waals surface area contributed by atoms with Crippen LogP contribution in [-0.2, 0) is 27.4 Å². The van der Waals surface area contributed by atoms with Crippen molar-refractivity contribution < 1.29 is 19.1 Å². The van der Waals surface area contributed by atoms with Crippen LogP contribution in [0.2, 0.25) is 0 Å². The summed E-state index contributed by atoms with van der Waals surface area (Å²) in [6.07, 6.45) is 0.712. The zero-order valence-electron chi connectivity index (χ0n) is 13.2. The third-order valence-electron chi connectivity index (χ3n) is 3.05. The lowest BCUT2D eigenvalue weighted by atomic mass is 10.2. The van der Waals surface area contributed by atoms with E-state index < -0.39 is 12.1 Å². The maximum Gasteiger partial charge on any atom is 0.412 e. The summed E-state index contributed by atoms with van der Waals surface area (Å²) in [5.41, 5.74) is 0.836. The van der Waals surface area contributed by atoms with E-state index in [1.807, 2.05) is 30.3 Å². The van der Waals surface area contributed by atoms with Crippen molar-refractivity contribution in [1.82, 2.24) is 4.57 Å². The molecule has 1 heterocycles. The van der Waals surface area contributed by atoms with Gasteiger partial charge >= 0.3 is 12.1 Å². The second-order valence-electron chi connectivity index (χ2n) is 4.88. The molecule has 0 atom stereocenters. The maximum atomic E-state index is 11.8. The lowest BCUT2D eigenvalue weighted by Crippen LogP contribution is -2.25. The van der Waals surface area contributed by atoms with Crippen LogP contribution in [0.5, 0.6) is 0 Å². The van der Waals surface area contributed by atoms with Gasteiger partial charge in [-0.3, -0.25) is 14.9 Å². The maximum absolute atomic E-state index is 11.8. The molecule has 7 nitrogen and oxygen atoms in total. The molecule has 0 aliphatic heterocycles. The van der Waals surface area contributed by atoms with Gasteiger partial charge in [-0.15, -0.1) is 0 Å². The first-order valence-electron chi connectivity index (χ1n) is 7.42. The highest BCUT2D eigenvalue weighted by Gasteiger charge is 2.08. The molecule has 1 N–H and O–H groups in total. The van der Waals surface area contributed by atoms with Gasteiger partial charge in [0.2, 0.25) is 0 Å². The minimum atomic E-state index is -0.653. The highest BCUT2D eigenvalue weighted by atomic mass is 16.5. The van der Waals surface area contributed by atoms with Gasteiger partial charge in [0.15, 0.2) is 0 Å². The van der Waals surface area contributed by atoms with Crippen LogP contribution in [0.15, 0.2) is 53.5 Å². The van der Waals surface area contributed by atoms with Crippen LogP contribution in [0.1, 0.15) is 12.5 Å². The Kier molecular flexibility index (Phi) is 6.13. The molecule has 24 heavy (non-hydrogen) atoms. The van der Waals surface area contributed by atoms with Crippen molar-refractivity contribution in [2.75, 3.05) is 11.9 Å². The summed E-state index contributed by atoms with van der Waals surface area (Å²) in [5.74, 6) is -0.525. The van der Waals surface area contributed by atoms with E-state index in [2.05, 4.69) is 5.32 Å². The van der Waals surface area contributed by atoms with Crippen molar-refractivity contribution in [2.24, 2.45) is 0 Å². The molecular formula is C17H18N2O5. The van der Waals surface area contributed by atoms with Gasteiger partial charge in [0.1, 0.15) is 13.2 Å². The number of amides is 1. The number of rotatable bonds is 6. The van der Waals surface area contributed by atoms with E-state index in [0.29, 0.717) is 5.69 Å². The molecule has 0 aliphatic carbocycles. The van der Waals surface area contributed by atoms with Crippen LogP contribution >= 0.6 is 0 Å². The SMILES string of the molecule is CCOC(=O)Cn1cc(NC(=O)OCc2ccccc2)ccc1=O. The van der Waals surface area contributed by atoms with Crippen LogP contribution in [0.25, 0.3) is 0 Å². The summed E-state index contributed by atoms with van der Waals surface area (Å²) in [5, 5.41) is 2.51. The Bertz CT molecular complexity index is 755. The van der Waals surface area contributed by atoms with E-state index in [4.69, 9.17) is 9.47 Å². The zero-order valence-corrected chi connectivity index (χ0v) is 13.2. The van der Waals surface area contributed by atoms with Gasteiger partial charge in [-0.1, -0.05) is 30.3 Å². The van der Waals surface area contributed by atoms with Crippen molar-refractivity contribution in [3.8, 4) is 0 Å². The molecule has 0 unspecified atom stereocenters. The molecular weight excluding hydrogens is 312 g/mol. The summed E-state index contributed by atoms with van der Waals surface area (Å²) in [6, 6.07) is 11.9. The first-order chi connectivity index (χ1) is 11.6. The van der Waals surface area contributed by atoms with Crippen LogP contribution in [-0.4, -0.2) is 23.2 Å². The molecule has 7 heteroatoms. The van der Waals surface area contributed by atoms with Crippen molar-refractivity contribution in [3.63, 3.8) is 0 Å². The van der Waals surface area contributed by atoms with Crippen molar-refractivity contribution in [2.45, 2.75) is 20.1 Å². The van der Waals surface area contributed by atoms with E-state index in [-0.39, 0.29) is 25.3 Å². The molecule has 1 amide bonds. The fourth-order valence-corrected chi connectivity index (χ4v) is 1.95. The highest BCUT2D eigenvalue weighted by molar-refractivity contribution is 5.84. The second-order valence-corrected chi connectivity index (χ2v) is 4.88. The lowest BCUT2D eigenvalue weighted by molar-refractivity contribution is -0.143. The van der Waals surface area contributed by atoms with E-state index in [0.717, 1.165) is 10.1 Å². The number of nitrogens with one attached hydrogen (secondary N) is 1. The van der Waals surface area contributed by atoms with Crippen molar-refractivity contribution in [3.05, 3.63) is 64.6 Å². The number of benzene rings is 1. The second kappa shape index (κ2) is 8.52. The molecule has 0 saturated carbocycles. The number of nitrogens with zero attached hydrogens (tertiary/aromatic N) is 1. The van der Waals surface area contributed by atoms with Gasteiger partial charge in [-0.25, -0.2) is 4.79 Å². The first kappa shape index (κ1) is 17.3. The van der Waals surface area contributed by atoms with Crippen molar-refractivity contribution >= 4 is 17.7 Å². The lowest BCUT2D eigenvalue weighted by Gasteiger charge is -2.10. The Labute approximate surface area is 138 Å². The average Bonchev–Trinajstić information content (AvgIpc) is 2.57. The minimum absolute atomic E-state index is 0.134. The molecule has 0 spiro atoms. The fraction of sp³-hybridized carbons (Fsp3) is 0.235. The number of esters is 1. The summed E-state index contributed by atoms with van der Waals surface area (Å²) in [7, 11) is 0. The normalized spacial score (nSPS) is 10.0. The van der Waals surface area contributed by atoms with Crippen LogP contribution < -0.4 is 10.9 Å². The fourth-order valence-electron chi connectivity index (χ4n) is 1.95. The van der Waals surface area contributed by atoms with Gasteiger partial charge in [-0.05, 0) is 18.6 Å². The Morgan fingerprint density at radius 3 is 2.54 bits per heavy atom. The highest BCUT2D eigenvalue weighted by Crippen LogP contribution is 2.06. The summed E-state index contributed by atoms with van der Waals surface area (Å²) >= 11 is 0. The molecule has 0 fully saturated rings. The van der Waals surface area contributed by atoms with E-state index in [9.17, 15) is 14.4 Å². The van der Waals surface area contributed by atoms with E-state index in [1.165, 1.54) is 18.3 Å². The van der Waals surface area contributed by atoms with Gasteiger partial charge in [0.25, 0.3) is 5.56 Å². The molecule has 1 aromatic carbocycles. The largest absolute Gasteiger partial charge is 0.465 e. The molecule has 0 aliphatic rings. The van der Waals surface area contributed by atoms with Gasteiger partial charge < -0.3 is 14.0 Å². The average molecular weight is 330 g/mol. The number of aromatic nitrogens is 1. The van der Waals surface area contributed by atoms with Gasteiger partial charge in [-0.2, -0.15) is 0 Å². The Hall–Kier alpha value is -3.09. The molecule has 0 saturated heterocycles. The number of pyridine rings is 1. The standard InChI is InChI=1S/C17H18N2O5/c1-2-23-16(21)11-19-10-14(8-9-15(19)20)18-17(22)24-12-13-6-4-3-5-7-13/h3-10H,2,11-12H2,1H3,(H,18,22). The van der Waals surface area contributed by atoms with Crippen molar-refractivity contribution in [1.29, 1.82) is 0 Å². The third kappa shape index (κ3) is 5.28. The summed E-state index contributed by atoms with van der Waals surface area (Å²) in [6.45, 7) is 1.83. The number of carbonyl (C=O) groups is 2.